The number of aliphatic carboxylic acids is 1. The van der Waals surface area contributed by atoms with E-state index in [0.29, 0.717) is 10.6 Å². The predicted octanol–water partition coefficient (Wildman–Crippen LogP) is 2.20. The maximum atomic E-state index is 13.1. The zero-order valence-corrected chi connectivity index (χ0v) is 13.8. The van der Waals surface area contributed by atoms with E-state index in [4.69, 9.17) is 17.3 Å². The van der Waals surface area contributed by atoms with Gasteiger partial charge in [-0.15, -0.1) is 0 Å². The molecule has 0 amide bonds. The Morgan fingerprint density at radius 1 is 1.12 bits per heavy atom. The third-order valence-corrected chi connectivity index (χ3v) is 6.77. The molecule has 5 nitrogen and oxygen atoms in total. The van der Waals surface area contributed by atoms with Crippen molar-refractivity contribution in [3.05, 3.63) is 64.9 Å². The number of halogens is 2. The van der Waals surface area contributed by atoms with Crippen molar-refractivity contribution in [1.82, 2.24) is 0 Å². The number of carboxylic acids is 1. The van der Waals surface area contributed by atoms with E-state index in [1.54, 1.807) is 0 Å². The molecule has 0 spiro atoms. The molecule has 1 aliphatic rings. The molecule has 1 saturated carbocycles. The van der Waals surface area contributed by atoms with Gasteiger partial charge in [-0.2, -0.15) is 0 Å². The van der Waals surface area contributed by atoms with E-state index in [2.05, 4.69) is 0 Å². The molecular weight excluding hydrogens is 357 g/mol. The first-order chi connectivity index (χ1) is 11.2. The maximum absolute atomic E-state index is 13.1. The summed E-state index contributed by atoms with van der Waals surface area (Å²) in [5.74, 6) is -2.88. The van der Waals surface area contributed by atoms with E-state index in [0.717, 1.165) is 12.1 Å². The lowest BCUT2D eigenvalue weighted by molar-refractivity contribution is -0.139. The third-order valence-electron chi connectivity index (χ3n) is 4.26. The van der Waals surface area contributed by atoms with Crippen molar-refractivity contribution in [3.8, 4) is 0 Å². The van der Waals surface area contributed by atoms with Gasteiger partial charge in [0.2, 0.25) is 0 Å². The first kappa shape index (κ1) is 16.9. The Labute approximate surface area is 142 Å². The van der Waals surface area contributed by atoms with Crippen LogP contribution in [0.2, 0.25) is 5.02 Å². The molecule has 126 valence electrons. The summed E-state index contributed by atoms with van der Waals surface area (Å²) in [5.41, 5.74) is 4.31. The van der Waals surface area contributed by atoms with Gasteiger partial charge in [-0.05, 0) is 42.0 Å². The van der Waals surface area contributed by atoms with Crippen molar-refractivity contribution >= 4 is 27.4 Å². The summed E-state index contributed by atoms with van der Waals surface area (Å²) in [5, 5.41) is 8.46. The molecule has 3 unspecified atom stereocenters. The van der Waals surface area contributed by atoms with Crippen LogP contribution < -0.4 is 5.73 Å². The number of hydrogen-bond donors (Lipinski definition) is 2. The monoisotopic (exact) mass is 369 g/mol. The first-order valence-corrected chi connectivity index (χ1v) is 8.88. The molecule has 2 aromatic carbocycles. The van der Waals surface area contributed by atoms with Crippen molar-refractivity contribution in [2.45, 2.75) is 21.6 Å². The molecule has 1 aliphatic carbocycles. The highest BCUT2D eigenvalue weighted by Crippen LogP contribution is 2.55. The largest absolute Gasteiger partial charge is 0.480 e. The van der Waals surface area contributed by atoms with Crippen molar-refractivity contribution in [2.24, 2.45) is 5.73 Å². The summed E-state index contributed by atoms with van der Waals surface area (Å²) in [7, 11) is -4.00. The van der Waals surface area contributed by atoms with E-state index in [-0.39, 0.29) is 4.90 Å². The summed E-state index contributed by atoms with van der Waals surface area (Å²) in [6.45, 7) is 0. The van der Waals surface area contributed by atoms with Crippen LogP contribution in [0.4, 0.5) is 4.39 Å². The van der Waals surface area contributed by atoms with Gasteiger partial charge in [0.15, 0.2) is 9.84 Å². The fourth-order valence-corrected chi connectivity index (χ4v) is 5.31. The summed E-state index contributed by atoms with van der Waals surface area (Å²) in [6, 6.07) is 10.4. The Morgan fingerprint density at radius 2 is 1.67 bits per heavy atom. The smallest absolute Gasteiger partial charge is 0.325 e. The summed E-state index contributed by atoms with van der Waals surface area (Å²) in [4.78, 5) is 11.5. The van der Waals surface area contributed by atoms with Gasteiger partial charge in [-0.3, -0.25) is 4.79 Å². The van der Waals surface area contributed by atoms with Crippen LogP contribution >= 0.6 is 11.6 Å². The molecule has 3 N–H and O–H groups in total. The molecule has 0 aromatic heterocycles. The van der Waals surface area contributed by atoms with Crippen molar-refractivity contribution in [2.75, 3.05) is 0 Å². The van der Waals surface area contributed by atoms with Crippen LogP contribution in [0, 0.1) is 5.82 Å². The van der Waals surface area contributed by atoms with Gasteiger partial charge < -0.3 is 10.8 Å². The van der Waals surface area contributed by atoms with Crippen LogP contribution in [0.3, 0.4) is 0 Å². The highest BCUT2D eigenvalue weighted by Gasteiger charge is 2.74. The number of hydrogen-bond acceptors (Lipinski definition) is 4. The fourth-order valence-electron chi connectivity index (χ4n) is 2.96. The Bertz CT molecular complexity index is 899. The van der Waals surface area contributed by atoms with E-state index >= 15 is 0 Å². The zero-order valence-electron chi connectivity index (χ0n) is 12.2. The molecule has 3 atom stereocenters. The minimum Gasteiger partial charge on any atom is -0.480 e. The molecule has 24 heavy (non-hydrogen) atoms. The standard InChI is InChI=1S/C16H13ClFNO4S/c17-10-3-7-12(8-4-10)24(22,23)14-13(16(14,19)15(20)21)9-1-5-11(18)6-2-9/h1-8,13-14H,19H2,(H,20,21). The maximum Gasteiger partial charge on any atom is 0.325 e. The van der Waals surface area contributed by atoms with Gasteiger partial charge in [0.1, 0.15) is 16.6 Å². The molecule has 0 aliphatic heterocycles. The van der Waals surface area contributed by atoms with Crippen LogP contribution in [0.25, 0.3) is 0 Å². The van der Waals surface area contributed by atoms with E-state index in [9.17, 15) is 22.7 Å². The summed E-state index contributed by atoms with van der Waals surface area (Å²) >= 11 is 5.75. The van der Waals surface area contributed by atoms with Gasteiger partial charge in [-0.25, -0.2) is 12.8 Å². The molecule has 0 radical (unpaired) electrons. The number of carboxylic acid groups (broad SMARTS) is 1. The quantitative estimate of drug-likeness (QED) is 0.861. The van der Waals surface area contributed by atoms with Crippen LogP contribution in [-0.4, -0.2) is 30.3 Å². The number of sulfone groups is 1. The summed E-state index contributed by atoms with van der Waals surface area (Å²) < 4.78 is 38.7. The second kappa shape index (κ2) is 5.54. The average Bonchev–Trinajstić information content (AvgIpc) is 3.17. The lowest BCUT2D eigenvalue weighted by atomic mass is 10.1. The van der Waals surface area contributed by atoms with E-state index < -0.39 is 38.3 Å². The molecular formula is C16H13ClFNO4S. The first-order valence-electron chi connectivity index (χ1n) is 6.96. The second-order valence-electron chi connectivity index (χ2n) is 5.69. The van der Waals surface area contributed by atoms with Crippen molar-refractivity contribution in [3.63, 3.8) is 0 Å². The number of carbonyl (C=O) groups is 1. The van der Waals surface area contributed by atoms with Crippen molar-refractivity contribution < 1.29 is 22.7 Å². The van der Waals surface area contributed by atoms with Crippen LogP contribution in [0.1, 0.15) is 11.5 Å². The fraction of sp³-hybridized carbons (Fsp3) is 0.188. The molecule has 8 heteroatoms. The lowest BCUT2D eigenvalue weighted by Gasteiger charge is -2.06. The van der Waals surface area contributed by atoms with E-state index in [1.165, 1.54) is 36.4 Å². The van der Waals surface area contributed by atoms with Crippen molar-refractivity contribution in [1.29, 1.82) is 0 Å². The molecule has 0 saturated heterocycles. The highest BCUT2D eigenvalue weighted by atomic mass is 35.5. The average molecular weight is 370 g/mol. The lowest BCUT2D eigenvalue weighted by Crippen LogP contribution is -2.39. The minimum absolute atomic E-state index is 0.0578. The molecule has 3 rings (SSSR count). The van der Waals surface area contributed by atoms with Gasteiger partial charge >= 0.3 is 5.97 Å². The predicted molar refractivity (Wildman–Crippen MR) is 86.1 cm³/mol. The van der Waals surface area contributed by atoms with Gasteiger partial charge in [0, 0.05) is 10.9 Å². The van der Waals surface area contributed by atoms with Crippen LogP contribution in [0.5, 0.6) is 0 Å². The Morgan fingerprint density at radius 3 is 2.17 bits per heavy atom. The Kier molecular flexibility index (Phi) is 3.90. The number of rotatable bonds is 4. The molecule has 0 bridgehead atoms. The highest BCUT2D eigenvalue weighted by molar-refractivity contribution is 7.92. The van der Waals surface area contributed by atoms with Crippen LogP contribution in [0.15, 0.2) is 53.4 Å². The second-order valence-corrected chi connectivity index (χ2v) is 8.19. The van der Waals surface area contributed by atoms with Crippen LogP contribution in [-0.2, 0) is 14.6 Å². The zero-order chi connectivity index (χ0) is 17.7. The van der Waals surface area contributed by atoms with Gasteiger partial charge in [0.25, 0.3) is 0 Å². The Balaban J connectivity index is 2.06. The molecule has 2 aromatic rings. The van der Waals surface area contributed by atoms with E-state index in [1.807, 2.05) is 0 Å². The number of nitrogens with two attached hydrogens (primary N) is 1. The molecule has 0 heterocycles. The SMILES string of the molecule is NC1(C(=O)O)C(c2ccc(F)cc2)C1S(=O)(=O)c1ccc(Cl)cc1. The molecule has 1 fully saturated rings. The van der Waals surface area contributed by atoms with Gasteiger partial charge in [-0.1, -0.05) is 23.7 Å². The Hall–Kier alpha value is -1.96. The normalized spacial score (nSPS) is 26.1. The third kappa shape index (κ3) is 2.49. The number of benzene rings is 2. The minimum atomic E-state index is -4.00. The summed E-state index contributed by atoms with van der Waals surface area (Å²) in [6.07, 6.45) is 0. The van der Waals surface area contributed by atoms with Gasteiger partial charge in [0.05, 0.1) is 4.90 Å². The topological polar surface area (TPSA) is 97.5 Å².